The molecule has 3 nitrogen and oxygen atoms in total. The maximum absolute atomic E-state index is 4.28. The molecule has 0 amide bonds. The Morgan fingerprint density at radius 2 is 2.57 bits per heavy atom. The molecular weight excluding hydrogens is 262 g/mol. The van der Waals surface area contributed by atoms with E-state index in [1.54, 1.807) is 11.3 Å². The van der Waals surface area contributed by atoms with Gasteiger partial charge in [0.05, 0.1) is 0 Å². The van der Waals surface area contributed by atoms with Crippen molar-refractivity contribution in [3.8, 4) is 0 Å². The van der Waals surface area contributed by atoms with Crippen LogP contribution in [0.3, 0.4) is 0 Å². The summed E-state index contributed by atoms with van der Waals surface area (Å²) in [4.78, 5) is 4.28. The zero-order chi connectivity index (χ0) is 9.80. The molecule has 0 saturated carbocycles. The maximum Gasteiger partial charge on any atom is 0.183 e. The van der Waals surface area contributed by atoms with Gasteiger partial charge in [0.1, 0.15) is 4.60 Å². The van der Waals surface area contributed by atoms with E-state index in [0.717, 1.165) is 35.8 Å². The van der Waals surface area contributed by atoms with Gasteiger partial charge in [-0.05, 0) is 28.9 Å². The fourth-order valence-corrected chi connectivity index (χ4v) is 2.50. The molecule has 2 N–H and O–H groups in total. The highest BCUT2D eigenvalue weighted by atomic mass is 79.9. The Morgan fingerprint density at radius 1 is 1.64 bits per heavy atom. The second kappa shape index (κ2) is 4.91. The number of halogens is 1. The van der Waals surface area contributed by atoms with E-state index >= 15 is 0 Å². The van der Waals surface area contributed by atoms with Gasteiger partial charge in [0.25, 0.3) is 0 Å². The van der Waals surface area contributed by atoms with E-state index < -0.39 is 0 Å². The van der Waals surface area contributed by atoms with Gasteiger partial charge >= 0.3 is 0 Å². The number of anilines is 1. The molecule has 0 radical (unpaired) electrons. The van der Waals surface area contributed by atoms with Crippen LogP contribution in [0, 0.1) is 0 Å². The highest BCUT2D eigenvalue weighted by molar-refractivity contribution is 9.10. The van der Waals surface area contributed by atoms with Crippen LogP contribution in [0.15, 0.2) is 21.6 Å². The van der Waals surface area contributed by atoms with E-state index in [0.29, 0.717) is 0 Å². The summed E-state index contributed by atoms with van der Waals surface area (Å²) in [5.41, 5.74) is 1.47. The van der Waals surface area contributed by atoms with Crippen molar-refractivity contribution in [1.82, 2.24) is 10.3 Å². The van der Waals surface area contributed by atoms with Gasteiger partial charge in [-0.25, -0.2) is 4.98 Å². The molecule has 1 aliphatic heterocycles. The third-order valence-electron chi connectivity index (χ3n) is 2.10. The molecule has 2 rings (SSSR count). The van der Waals surface area contributed by atoms with Crippen LogP contribution in [0.1, 0.15) is 6.42 Å². The molecule has 0 aliphatic carbocycles. The van der Waals surface area contributed by atoms with Crippen LogP contribution in [0.4, 0.5) is 5.13 Å². The maximum atomic E-state index is 4.28. The summed E-state index contributed by atoms with van der Waals surface area (Å²) in [6.45, 7) is 3.01. The lowest BCUT2D eigenvalue weighted by atomic mass is 10.1. The van der Waals surface area contributed by atoms with Crippen LogP contribution >= 0.6 is 27.3 Å². The van der Waals surface area contributed by atoms with Crippen LogP contribution in [0.2, 0.25) is 0 Å². The molecule has 0 aromatic carbocycles. The lowest BCUT2D eigenvalue weighted by Gasteiger charge is -2.13. The van der Waals surface area contributed by atoms with Gasteiger partial charge in [-0.1, -0.05) is 11.6 Å². The Kier molecular flexibility index (Phi) is 3.55. The Morgan fingerprint density at radius 3 is 3.21 bits per heavy atom. The molecule has 0 spiro atoms. The van der Waals surface area contributed by atoms with E-state index in [2.05, 4.69) is 37.6 Å². The van der Waals surface area contributed by atoms with Crippen molar-refractivity contribution >= 4 is 32.4 Å². The highest BCUT2D eigenvalue weighted by Gasteiger charge is 2.03. The average Bonchev–Trinajstić information content (AvgIpc) is 2.63. The largest absolute Gasteiger partial charge is 0.358 e. The summed E-state index contributed by atoms with van der Waals surface area (Å²) in [6.07, 6.45) is 3.39. The van der Waals surface area contributed by atoms with Crippen molar-refractivity contribution in [2.24, 2.45) is 0 Å². The van der Waals surface area contributed by atoms with Crippen molar-refractivity contribution in [2.45, 2.75) is 6.42 Å². The van der Waals surface area contributed by atoms with Crippen molar-refractivity contribution in [2.75, 3.05) is 25.0 Å². The monoisotopic (exact) mass is 273 g/mol. The average molecular weight is 274 g/mol. The van der Waals surface area contributed by atoms with Crippen LogP contribution in [-0.2, 0) is 0 Å². The van der Waals surface area contributed by atoms with E-state index in [-0.39, 0.29) is 0 Å². The third kappa shape index (κ3) is 2.80. The van der Waals surface area contributed by atoms with Crippen LogP contribution in [-0.4, -0.2) is 24.6 Å². The molecule has 14 heavy (non-hydrogen) atoms. The molecule has 1 aromatic rings. The van der Waals surface area contributed by atoms with Crippen molar-refractivity contribution in [3.05, 3.63) is 21.6 Å². The topological polar surface area (TPSA) is 37.0 Å². The summed E-state index contributed by atoms with van der Waals surface area (Å²) >= 11 is 4.96. The number of nitrogens with one attached hydrogen (secondary N) is 2. The number of nitrogens with zero attached hydrogens (tertiary/aromatic N) is 1. The minimum absolute atomic E-state index is 0.907. The second-order valence-electron chi connectivity index (χ2n) is 3.15. The predicted octanol–water partition coefficient (Wildman–Crippen LogP) is 2.24. The normalized spacial score (nSPS) is 16.5. The first-order chi connectivity index (χ1) is 6.84. The summed E-state index contributed by atoms with van der Waals surface area (Å²) < 4.78 is 0.907. The minimum atomic E-state index is 0.907. The molecule has 1 aliphatic rings. The molecule has 76 valence electrons. The number of hydrogen-bond acceptors (Lipinski definition) is 4. The van der Waals surface area contributed by atoms with Crippen molar-refractivity contribution in [3.63, 3.8) is 0 Å². The number of hydrogen-bond donors (Lipinski definition) is 2. The zero-order valence-electron chi connectivity index (χ0n) is 7.72. The van der Waals surface area contributed by atoms with E-state index in [4.69, 9.17) is 0 Å². The van der Waals surface area contributed by atoms with Crippen LogP contribution in [0.25, 0.3) is 0 Å². The standard InChI is InChI=1S/C9H12BrN3S/c10-8-6-14-9(13-8)12-5-7-1-3-11-4-2-7/h1,6,11H,2-5H2,(H,12,13). The lowest BCUT2D eigenvalue weighted by molar-refractivity contribution is 0.698. The summed E-state index contributed by atoms with van der Waals surface area (Å²) in [6, 6.07) is 0. The van der Waals surface area contributed by atoms with E-state index in [9.17, 15) is 0 Å². The number of aromatic nitrogens is 1. The highest BCUT2D eigenvalue weighted by Crippen LogP contribution is 2.19. The summed E-state index contributed by atoms with van der Waals surface area (Å²) in [7, 11) is 0. The second-order valence-corrected chi connectivity index (χ2v) is 4.82. The Hall–Kier alpha value is -0.390. The fourth-order valence-electron chi connectivity index (χ4n) is 1.35. The number of thiazole rings is 1. The van der Waals surface area contributed by atoms with Gasteiger partial charge < -0.3 is 10.6 Å². The van der Waals surface area contributed by atoms with E-state index in [1.165, 1.54) is 5.57 Å². The lowest BCUT2D eigenvalue weighted by Crippen LogP contribution is -2.23. The van der Waals surface area contributed by atoms with E-state index in [1.807, 2.05) is 5.38 Å². The molecule has 0 fully saturated rings. The predicted molar refractivity (Wildman–Crippen MR) is 63.9 cm³/mol. The quantitative estimate of drug-likeness (QED) is 0.830. The molecular formula is C9H12BrN3S. The summed E-state index contributed by atoms with van der Waals surface area (Å²) in [5.74, 6) is 0. The van der Waals surface area contributed by atoms with Crippen molar-refractivity contribution < 1.29 is 0 Å². The molecule has 0 unspecified atom stereocenters. The summed E-state index contributed by atoms with van der Waals surface area (Å²) in [5, 5.41) is 9.58. The van der Waals surface area contributed by atoms with Crippen LogP contribution in [0.5, 0.6) is 0 Å². The molecule has 0 atom stereocenters. The first-order valence-corrected chi connectivity index (χ1v) is 6.25. The number of rotatable bonds is 3. The Labute approximate surface area is 95.8 Å². The third-order valence-corrected chi connectivity index (χ3v) is 3.61. The van der Waals surface area contributed by atoms with Crippen LogP contribution < -0.4 is 10.6 Å². The zero-order valence-corrected chi connectivity index (χ0v) is 10.1. The molecule has 0 saturated heterocycles. The smallest absolute Gasteiger partial charge is 0.183 e. The molecule has 0 bridgehead atoms. The first-order valence-electron chi connectivity index (χ1n) is 4.58. The van der Waals surface area contributed by atoms with Gasteiger partial charge in [-0.2, -0.15) is 0 Å². The van der Waals surface area contributed by atoms with Gasteiger partial charge in [0.15, 0.2) is 5.13 Å². The van der Waals surface area contributed by atoms with Gasteiger partial charge in [-0.3, -0.25) is 0 Å². The minimum Gasteiger partial charge on any atom is -0.358 e. The van der Waals surface area contributed by atoms with Gasteiger partial charge in [0.2, 0.25) is 0 Å². The first kappa shape index (κ1) is 10.1. The molecule has 2 heterocycles. The molecule has 5 heteroatoms. The Bertz CT molecular complexity index is 335. The van der Waals surface area contributed by atoms with Gasteiger partial charge in [0, 0.05) is 18.5 Å². The van der Waals surface area contributed by atoms with Crippen molar-refractivity contribution in [1.29, 1.82) is 0 Å². The van der Waals surface area contributed by atoms with Gasteiger partial charge in [-0.15, -0.1) is 11.3 Å². The SMILES string of the molecule is Brc1csc(NCC2=CCNCC2)n1. The fraction of sp³-hybridized carbons (Fsp3) is 0.444. The molecule has 1 aromatic heterocycles. The Balaban J connectivity index is 1.84.